The van der Waals surface area contributed by atoms with Crippen LogP contribution in [0.25, 0.3) is 0 Å². The van der Waals surface area contributed by atoms with Gasteiger partial charge in [-0.15, -0.1) is 0 Å². The lowest BCUT2D eigenvalue weighted by atomic mass is 10.1. The van der Waals surface area contributed by atoms with Gasteiger partial charge in [0.2, 0.25) is 5.91 Å². The summed E-state index contributed by atoms with van der Waals surface area (Å²) in [4.78, 5) is 22.6. The summed E-state index contributed by atoms with van der Waals surface area (Å²) in [5.74, 6) is -0.212. The van der Waals surface area contributed by atoms with Crippen molar-refractivity contribution in [2.24, 2.45) is 0 Å². The summed E-state index contributed by atoms with van der Waals surface area (Å²) in [6.45, 7) is 4.63. The number of aliphatic hydroxyl groups is 1. The van der Waals surface area contributed by atoms with E-state index in [1.54, 1.807) is 6.08 Å². The summed E-state index contributed by atoms with van der Waals surface area (Å²) >= 11 is 0. The van der Waals surface area contributed by atoms with Gasteiger partial charge in [-0.05, 0) is 44.9 Å². The molecular weight excluding hydrogens is 599 g/mol. The number of aliphatic hydroxyl groups excluding tert-OH is 1. The number of nitrogens with zero attached hydrogens (tertiary/aromatic N) is 1. The number of phosphoric acid groups is 1. The third-order valence-electron chi connectivity index (χ3n) is 7.84. The van der Waals surface area contributed by atoms with Gasteiger partial charge in [-0.1, -0.05) is 127 Å². The number of hydrogen-bond acceptors (Lipinski definition) is 5. The lowest BCUT2D eigenvalue weighted by molar-refractivity contribution is -0.870. The Morgan fingerprint density at radius 3 is 1.74 bits per heavy atom. The quantitative estimate of drug-likeness (QED) is 0.0285. The highest BCUT2D eigenvalue weighted by Gasteiger charge is 2.27. The molecule has 8 nitrogen and oxygen atoms in total. The zero-order valence-corrected chi connectivity index (χ0v) is 31.2. The van der Waals surface area contributed by atoms with Gasteiger partial charge in [0.1, 0.15) is 13.2 Å². The number of carbonyl (C=O) groups is 1. The molecule has 0 fully saturated rings. The van der Waals surface area contributed by atoms with Gasteiger partial charge < -0.3 is 19.8 Å². The molecule has 0 saturated carbocycles. The number of unbranched alkanes of at least 4 members (excludes halogenated alkanes) is 15. The number of phosphoric ester groups is 1. The average Bonchev–Trinajstić information content (AvgIpc) is 2.99. The highest BCUT2D eigenvalue weighted by molar-refractivity contribution is 7.47. The van der Waals surface area contributed by atoms with Gasteiger partial charge in [0.05, 0.1) is 39.9 Å². The first kappa shape index (κ1) is 44.7. The van der Waals surface area contributed by atoms with E-state index in [0.717, 1.165) is 51.4 Å². The first-order valence-corrected chi connectivity index (χ1v) is 19.9. The summed E-state index contributed by atoms with van der Waals surface area (Å²) in [6.07, 6.45) is 34.2. The van der Waals surface area contributed by atoms with Crippen LogP contribution in [0, 0.1) is 0 Å². The van der Waals surface area contributed by atoms with Crippen molar-refractivity contribution in [3.05, 3.63) is 36.5 Å². The maximum Gasteiger partial charge on any atom is 0.472 e. The van der Waals surface area contributed by atoms with Crippen molar-refractivity contribution >= 4 is 13.7 Å². The predicted octanol–water partition coefficient (Wildman–Crippen LogP) is 9.18. The van der Waals surface area contributed by atoms with E-state index < -0.39 is 20.0 Å². The number of quaternary nitrogens is 1. The minimum absolute atomic E-state index is 0.0530. The zero-order valence-electron chi connectivity index (χ0n) is 30.3. The Bertz CT molecular complexity index is 855. The third kappa shape index (κ3) is 31.3. The maximum atomic E-state index is 12.5. The standard InChI is InChI=1S/C37H71N2O6P/c1-6-8-10-12-13-14-15-16-17-18-19-20-21-22-23-24-25-26-27-28-30-36(40)35(38-37(41)31-29-11-9-7-2)34-45-46(42,43)44-33-32-39(3,4)5/h20-21,24-25,28,30,35-36,40H,6-19,22-23,26-27,29,31-34H2,1-5H3,(H-,38,41,42,43)/p+1/b21-20+,25-24+,30-28+. The van der Waals surface area contributed by atoms with E-state index in [0.29, 0.717) is 17.4 Å². The second-order valence-electron chi connectivity index (χ2n) is 13.6. The molecule has 0 aromatic heterocycles. The van der Waals surface area contributed by atoms with Crippen LogP contribution in [0.1, 0.15) is 142 Å². The Morgan fingerprint density at radius 2 is 1.20 bits per heavy atom. The van der Waals surface area contributed by atoms with Crippen LogP contribution in [0.3, 0.4) is 0 Å². The van der Waals surface area contributed by atoms with Crippen molar-refractivity contribution < 1.29 is 32.9 Å². The molecule has 9 heteroatoms. The van der Waals surface area contributed by atoms with Gasteiger partial charge in [-0.3, -0.25) is 13.8 Å². The molecule has 1 amide bonds. The number of likely N-dealkylation sites (N-methyl/N-ethyl adjacent to an activating group) is 1. The number of hydrogen-bond donors (Lipinski definition) is 3. The summed E-state index contributed by atoms with van der Waals surface area (Å²) in [5.41, 5.74) is 0. The van der Waals surface area contributed by atoms with Crippen molar-refractivity contribution in [3.8, 4) is 0 Å². The SMILES string of the molecule is CCCCCCCCCCCC/C=C/CC/C=C/CC/C=C/C(O)C(COP(=O)(O)OCC[N+](C)(C)C)NC(=O)CCCCCC. The first-order chi connectivity index (χ1) is 22.0. The van der Waals surface area contributed by atoms with Gasteiger partial charge in [0.25, 0.3) is 0 Å². The molecule has 46 heavy (non-hydrogen) atoms. The summed E-state index contributed by atoms with van der Waals surface area (Å²) in [6, 6.07) is -0.861. The van der Waals surface area contributed by atoms with E-state index in [2.05, 4.69) is 43.5 Å². The summed E-state index contributed by atoms with van der Waals surface area (Å²) in [5, 5.41) is 13.6. The predicted molar refractivity (Wildman–Crippen MR) is 194 cm³/mol. The van der Waals surface area contributed by atoms with E-state index in [1.807, 2.05) is 27.2 Å². The number of amides is 1. The number of carbonyl (C=O) groups excluding carboxylic acids is 1. The molecular formula is C37H72N2O6P+. The highest BCUT2D eigenvalue weighted by atomic mass is 31.2. The smallest absolute Gasteiger partial charge is 0.387 e. The molecule has 0 bridgehead atoms. The topological polar surface area (TPSA) is 105 Å². The second kappa shape index (κ2) is 29.8. The molecule has 0 aliphatic rings. The molecule has 0 aliphatic carbocycles. The van der Waals surface area contributed by atoms with Gasteiger partial charge in [-0.25, -0.2) is 4.57 Å². The molecule has 0 radical (unpaired) electrons. The largest absolute Gasteiger partial charge is 0.472 e. The first-order valence-electron chi connectivity index (χ1n) is 18.4. The van der Waals surface area contributed by atoms with Crippen LogP contribution in [0.4, 0.5) is 0 Å². The fourth-order valence-corrected chi connectivity index (χ4v) is 5.57. The average molecular weight is 672 g/mol. The van der Waals surface area contributed by atoms with E-state index in [-0.39, 0.29) is 19.1 Å². The fraction of sp³-hybridized carbons (Fsp3) is 0.811. The minimum Gasteiger partial charge on any atom is -0.387 e. The molecule has 0 aromatic carbocycles. The van der Waals surface area contributed by atoms with Crippen LogP contribution in [0.15, 0.2) is 36.5 Å². The Labute approximate surface area is 283 Å². The third-order valence-corrected chi connectivity index (χ3v) is 8.82. The Morgan fingerprint density at radius 1 is 0.717 bits per heavy atom. The van der Waals surface area contributed by atoms with Gasteiger partial charge in [-0.2, -0.15) is 0 Å². The molecule has 0 saturated heterocycles. The van der Waals surface area contributed by atoms with Crippen LogP contribution in [0.5, 0.6) is 0 Å². The molecule has 3 unspecified atom stereocenters. The Balaban J connectivity index is 4.38. The summed E-state index contributed by atoms with van der Waals surface area (Å²) < 4.78 is 23.2. The molecule has 0 spiro atoms. The van der Waals surface area contributed by atoms with Crippen molar-refractivity contribution in [2.45, 2.75) is 154 Å². The van der Waals surface area contributed by atoms with Gasteiger partial charge in [0.15, 0.2) is 0 Å². The second-order valence-corrected chi connectivity index (χ2v) is 15.0. The molecule has 0 aliphatic heterocycles. The number of rotatable bonds is 32. The molecule has 270 valence electrons. The maximum absolute atomic E-state index is 12.5. The lowest BCUT2D eigenvalue weighted by Crippen LogP contribution is -2.45. The summed E-state index contributed by atoms with van der Waals surface area (Å²) in [7, 11) is 1.54. The zero-order chi connectivity index (χ0) is 34.4. The Hall–Kier alpha value is -1.28. The Kier molecular flexibility index (Phi) is 29.0. The lowest BCUT2D eigenvalue weighted by Gasteiger charge is -2.25. The van der Waals surface area contributed by atoms with Crippen molar-refractivity contribution in [1.82, 2.24) is 5.32 Å². The van der Waals surface area contributed by atoms with E-state index in [9.17, 15) is 19.4 Å². The van der Waals surface area contributed by atoms with Crippen LogP contribution >= 0.6 is 7.82 Å². The molecule has 0 aromatic rings. The van der Waals surface area contributed by atoms with Crippen molar-refractivity contribution in [3.63, 3.8) is 0 Å². The monoisotopic (exact) mass is 672 g/mol. The van der Waals surface area contributed by atoms with Crippen LogP contribution in [-0.4, -0.2) is 73.4 Å². The van der Waals surface area contributed by atoms with E-state index in [4.69, 9.17) is 9.05 Å². The van der Waals surface area contributed by atoms with Crippen LogP contribution in [-0.2, 0) is 18.4 Å². The normalized spacial score (nSPS) is 15.2. The van der Waals surface area contributed by atoms with E-state index in [1.165, 1.54) is 70.6 Å². The molecule has 3 N–H and O–H groups in total. The number of nitrogens with one attached hydrogen (secondary N) is 1. The van der Waals surface area contributed by atoms with Gasteiger partial charge >= 0.3 is 7.82 Å². The van der Waals surface area contributed by atoms with Crippen molar-refractivity contribution in [1.29, 1.82) is 0 Å². The highest BCUT2D eigenvalue weighted by Crippen LogP contribution is 2.43. The molecule has 0 heterocycles. The van der Waals surface area contributed by atoms with Crippen LogP contribution < -0.4 is 5.32 Å². The minimum atomic E-state index is -4.32. The number of allylic oxidation sites excluding steroid dienone is 5. The fourth-order valence-electron chi connectivity index (χ4n) is 4.83. The molecule has 3 atom stereocenters. The van der Waals surface area contributed by atoms with Crippen molar-refractivity contribution in [2.75, 3.05) is 40.9 Å². The van der Waals surface area contributed by atoms with Crippen LogP contribution in [0.2, 0.25) is 0 Å². The van der Waals surface area contributed by atoms with E-state index >= 15 is 0 Å². The molecule has 0 rings (SSSR count). The van der Waals surface area contributed by atoms with Gasteiger partial charge in [0, 0.05) is 6.42 Å².